The molecule has 0 saturated heterocycles. The molecule has 2 amide bonds. The molecule has 4 N–H and O–H groups in total. The zero-order valence-corrected chi connectivity index (χ0v) is 9.43. The molecule has 0 spiro atoms. The molecule has 0 aromatic carbocycles. The van der Waals surface area contributed by atoms with E-state index in [1.165, 1.54) is 6.92 Å². The number of hydrogen-bond acceptors (Lipinski definition) is 3. The molecule has 0 fully saturated rings. The van der Waals surface area contributed by atoms with Crippen LogP contribution in [-0.2, 0) is 4.79 Å². The van der Waals surface area contributed by atoms with Gasteiger partial charge in [-0.25, -0.2) is 9.59 Å². The Kier molecular flexibility index (Phi) is 6.17. The van der Waals surface area contributed by atoms with Gasteiger partial charge < -0.3 is 20.8 Å². The Morgan fingerprint density at radius 2 is 1.94 bits per heavy atom. The Labute approximate surface area is 94.3 Å². The fraction of sp³-hybridized carbons (Fsp3) is 0.600. The smallest absolute Gasteiger partial charge is 0.328 e. The molecule has 0 heterocycles. The van der Waals surface area contributed by atoms with Crippen molar-refractivity contribution in [1.29, 1.82) is 0 Å². The number of carbonyl (C=O) groups excluding carboxylic acids is 1. The van der Waals surface area contributed by atoms with Crippen molar-refractivity contribution in [3.8, 4) is 0 Å². The van der Waals surface area contributed by atoms with E-state index in [4.69, 9.17) is 10.2 Å². The monoisotopic (exact) mass is 230 g/mol. The highest BCUT2D eigenvalue weighted by Crippen LogP contribution is 1.94. The third-order valence-electron chi connectivity index (χ3n) is 1.93. The number of nitrogens with one attached hydrogen (secondary N) is 2. The van der Waals surface area contributed by atoms with Gasteiger partial charge in [0.15, 0.2) is 6.04 Å². The largest absolute Gasteiger partial charge is 0.480 e. The van der Waals surface area contributed by atoms with E-state index < -0.39 is 24.1 Å². The predicted octanol–water partition coefficient (Wildman–Crippen LogP) is 0.0842. The third kappa shape index (κ3) is 5.35. The first kappa shape index (κ1) is 14.4. The molecule has 0 saturated carbocycles. The number of aliphatic hydroxyl groups excluding tert-OH is 1. The van der Waals surface area contributed by atoms with Gasteiger partial charge in [0.2, 0.25) is 0 Å². The Balaban J connectivity index is 4.20. The van der Waals surface area contributed by atoms with Crippen molar-refractivity contribution in [2.45, 2.75) is 38.5 Å². The lowest BCUT2D eigenvalue weighted by molar-refractivity contribution is -0.141. The second-order valence-corrected chi connectivity index (χ2v) is 3.60. The van der Waals surface area contributed by atoms with E-state index in [-0.39, 0.29) is 6.04 Å². The van der Waals surface area contributed by atoms with Gasteiger partial charge in [-0.05, 0) is 20.3 Å². The summed E-state index contributed by atoms with van der Waals surface area (Å²) < 4.78 is 0. The van der Waals surface area contributed by atoms with Gasteiger partial charge in [-0.3, -0.25) is 0 Å². The molecule has 0 aromatic rings. The SMILES string of the molecule is C=CCC(C)NC(=O)NC(C(=O)O)C(C)O. The molecule has 0 aliphatic heterocycles. The topological polar surface area (TPSA) is 98.7 Å². The number of aliphatic hydroxyl groups is 1. The van der Waals surface area contributed by atoms with Gasteiger partial charge >= 0.3 is 12.0 Å². The fourth-order valence-electron chi connectivity index (χ4n) is 1.10. The number of rotatable bonds is 6. The average Bonchev–Trinajstić information content (AvgIpc) is 2.13. The van der Waals surface area contributed by atoms with Crippen molar-refractivity contribution in [2.24, 2.45) is 0 Å². The third-order valence-corrected chi connectivity index (χ3v) is 1.93. The van der Waals surface area contributed by atoms with E-state index >= 15 is 0 Å². The van der Waals surface area contributed by atoms with Crippen molar-refractivity contribution in [3.05, 3.63) is 12.7 Å². The van der Waals surface area contributed by atoms with Crippen LogP contribution in [0.25, 0.3) is 0 Å². The maximum Gasteiger partial charge on any atom is 0.328 e. The summed E-state index contributed by atoms with van der Waals surface area (Å²) in [4.78, 5) is 22.0. The Hall–Kier alpha value is -1.56. The van der Waals surface area contributed by atoms with E-state index in [0.717, 1.165) is 0 Å². The van der Waals surface area contributed by atoms with E-state index in [0.29, 0.717) is 6.42 Å². The summed E-state index contributed by atoms with van der Waals surface area (Å²) >= 11 is 0. The molecule has 6 heteroatoms. The molecule has 16 heavy (non-hydrogen) atoms. The van der Waals surface area contributed by atoms with Gasteiger partial charge in [-0.15, -0.1) is 6.58 Å². The first-order valence-electron chi connectivity index (χ1n) is 4.97. The van der Waals surface area contributed by atoms with Gasteiger partial charge in [0, 0.05) is 6.04 Å². The molecule has 3 unspecified atom stereocenters. The lowest BCUT2D eigenvalue weighted by Gasteiger charge is -2.19. The second-order valence-electron chi connectivity index (χ2n) is 3.60. The summed E-state index contributed by atoms with van der Waals surface area (Å²) in [5.41, 5.74) is 0. The van der Waals surface area contributed by atoms with E-state index in [1.54, 1.807) is 13.0 Å². The first-order chi connectivity index (χ1) is 7.38. The van der Waals surface area contributed by atoms with Gasteiger partial charge in [0.1, 0.15) is 0 Å². The summed E-state index contributed by atoms with van der Waals surface area (Å²) in [5, 5.41) is 22.5. The maximum atomic E-state index is 11.3. The van der Waals surface area contributed by atoms with Crippen LogP contribution in [0.5, 0.6) is 0 Å². The summed E-state index contributed by atoms with van der Waals surface area (Å²) in [7, 11) is 0. The highest BCUT2D eigenvalue weighted by atomic mass is 16.4. The number of hydrogen-bond donors (Lipinski definition) is 4. The molecule has 3 atom stereocenters. The second kappa shape index (κ2) is 6.84. The highest BCUT2D eigenvalue weighted by molar-refractivity contribution is 5.83. The lowest BCUT2D eigenvalue weighted by Crippen LogP contribution is -2.52. The standard InChI is InChI=1S/C10H18N2O4/c1-4-5-6(2)11-10(16)12-8(7(3)13)9(14)15/h4,6-8,13H,1,5H2,2-3H3,(H,14,15)(H2,11,12,16). The molecule has 92 valence electrons. The number of aliphatic carboxylic acids is 1. The Morgan fingerprint density at radius 1 is 1.38 bits per heavy atom. The van der Waals surface area contributed by atoms with Gasteiger partial charge in [-0.2, -0.15) is 0 Å². The van der Waals surface area contributed by atoms with Gasteiger partial charge in [0.05, 0.1) is 6.10 Å². The quantitative estimate of drug-likeness (QED) is 0.486. The fourth-order valence-corrected chi connectivity index (χ4v) is 1.10. The zero-order valence-electron chi connectivity index (χ0n) is 9.43. The van der Waals surface area contributed by atoms with Crippen LogP contribution in [-0.4, -0.2) is 40.4 Å². The minimum absolute atomic E-state index is 0.138. The predicted molar refractivity (Wildman–Crippen MR) is 59.0 cm³/mol. The number of carbonyl (C=O) groups is 2. The van der Waals surface area contributed by atoms with Crippen molar-refractivity contribution >= 4 is 12.0 Å². The number of carboxylic acid groups (broad SMARTS) is 1. The minimum Gasteiger partial charge on any atom is -0.480 e. The number of amides is 2. The van der Waals surface area contributed by atoms with Crippen LogP contribution in [0.15, 0.2) is 12.7 Å². The Morgan fingerprint density at radius 3 is 2.31 bits per heavy atom. The van der Waals surface area contributed by atoms with Crippen LogP contribution in [0.3, 0.4) is 0 Å². The maximum absolute atomic E-state index is 11.3. The normalized spacial score (nSPS) is 15.7. The molecular formula is C10H18N2O4. The molecule has 6 nitrogen and oxygen atoms in total. The molecule has 0 rings (SSSR count). The number of urea groups is 1. The van der Waals surface area contributed by atoms with Crippen LogP contribution < -0.4 is 10.6 Å². The summed E-state index contributed by atoms with van der Waals surface area (Å²) in [6.07, 6.45) is 1.08. The van der Waals surface area contributed by atoms with Crippen molar-refractivity contribution in [1.82, 2.24) is 10.6 Å². The average molecular weight is 230 g/mol. The first-order valence-corrected chi connectivity index (χ1v) is 4.97. The molecule has 0 bridgehead atoms. The summed E-state index contributed by atoms with van der Waals surface area (Å²) in [5.74, 6) is -1.28. The summed E-state index contributed by atoms with van der Waals surface area (Å²) in [6, 6.07) is -2.07. The van der Waals surface area contributed by atoms with E-state index in [9.17, 15) is 9.59 Å². The van der Waals surface area contributed by atoms with Gasteiger partial charge in [-0.1, -0.05) is 6.08 Å². The van der Waals surface area contributed by atoms with E-state index in [1.807, 2.05) is 0 Å². The highest BCUT2D eigenvalue weighted by Gasteiger charge is 2.25. The molecule has 0 aliphatic carbocycles. The zero-order chi connectivity index (χ0) is 12.7. The van der Waals surface area contributed by atoms with Crippen LogP contribution in [0.1, 0.15) is 20.3 Å². The molecule has 0 aromatic heterocycles. The van der Waals surface area contributed by atoms with Crippen LogP contribution in [0.4, 0.5) is 4.79 Å². The summed E-state index contributed by atoms with van der Waals surface area (Å²) in [6.45, 7) is 6.58. The number of carboxylic acids is 1. The van der Waals surface area contributed by atoms with Crippen molar-refractivity contribution in [2.75, 3.05) is 0 Å². The molecule has 0 radical (unpaired) electrons. The van der Waals surface area contributed by atoms with Crippen LogP contribution >= 0.6 is 0 Å². The minimum atomic E-state index is -1.31. The Bertz CT molecular complexity index is 266. The van der Waals surface area contributed by atoms with Crippen LogP contribution in [0, 0.1) is 0 Å². The van der Waals surface area contributed by atoms with Crippen LogP contribution in [0.2, 0.25) is 0 Å². The van der Waals surface area contributed by atoms with Gasteiger partial charge in [0.25, 0.3) is 0 Å². The van der Waals surface area contributed by atoms with E-state index in [2.05, 4.69) is 17.2 Å². The van der Waals surface area contributed by atoms with Crippen molar-refractivity contribution in [3.63, 3.8) is 0 Å². The molecular weight excluding hydrogens is 212 g/mol. The lowest BCUT2D eigenvalue weighted by atomic mass is 10.2. The molecule has 0 aliphatic rings. The van der Waals surface area contributed by atoms with Crippen molar-refractivity contribution < 1.29 is 19.8 Å².